The molecule has 5 nitrogen and oxygen atoms in total. The molecule has 1 aromatic carbocycles. The molecule has 0 spiro atoms. The molecule has 1 aromatic rings. The van der Waals surface area contributed by atoms with Crippen LogP contribution in [-0.4, -0.2) is 72.5 Å². The second kappa shape index (κ2) is 10.6. The molecule has 27 heavy (non-hydrogen) atoms. The maximum absolute atomic E-state index is 12.7. The third-order valence-electron chi connectivity index (χ3n) is 5.74. The van der Waals surface area contributed by atoms with Gasteiger partial charge in [0.2, 0.25) is 5.91 Å². The summed E-state index contributed by atoms with van der Waals surface area (Å²) >= 11 is 0. The van der Waals surface area contributed by atoms with Gasteiger partial charge in [-0.25, -0.2) is 0 Å². The van der Waals surface area contributed by atoms with Crippen LogP contribution in [0.5, 0.6) is 0 Å². The minimum atomic E-state index is 0. The van der Waals surface area contributed by atoms with Gasteiger partial charge in [-0.1, -0.05) is 44.2 Å². The lowest BCUT2D eigenvalue weighted by Crippen LogP contribution is -2.56. The van der Waals surface area contributed by atoms with Crippen LogP contribution in [0.1, 0.15) is 25.8 Å². The Bertz CT molecular complexity index is 577. The minimum absolute atomic E-state index is 0. The average Bonchev–Trinajstić information content (AvgIpc) is 2.60. The minimum Gasteiger partial charge on any atom is -0.341 e. The van der Waals surface area contributed by atoms with Gasteiger partial charge in [0.05, 0.1) is 6.54 Å². The first-order valence-electron chi connectivity index (χ1n) is 9.46. The predicted octanol–water partition coefficient (Wildman–Crippen LogP) is 2.23. The zero-order valence-corrected chi connectivity index (χ0v) is 18.1. The number of carbonyl (C=O) groups excluding carboxylic acids is 1. The highest BCUT2D eigenvalue weighted by molar-refractivity contribution is 5.85. The predicted molar refractivity (Wildman–Crippen MR) is 116 cm³/mol. The van der Waals surface area contributed by atoms with E-state index in [4.69, 9.17) is 5.73 Å². The van der Waals surface area contributed by atoms with Gasteiger partial charge in [-0.15, -0.1) is 24.8 Å². The zero-order chi connectivity index (χ0) is 17.9. The van der Waals surface area contributed by atoms with Gasteiger partial charge in [0.1, 0.15) is 0 Å². The van der Waals surface area contributed by atoms with E-state index < -0.39 is 0 Å². The van der Waals surface area contributed by atoms with Gasteiger partial charge in [-0.3, -0.25) is 14.6 Å². The third kappa shape index (κ3) is 6.61. The van der Waals surface area contributed by atoms with Crippen LogP contribution >= 0.6 is 24.8 Å². The van der Waals surface area contributed by atoms with Gasteiger partial charge in [0, 0.05) is 51.9 Å². The van der Waals surface area contributed by atoms with E-state index in [0.29, 0.717) is 6.54 Å². The van der Waals surface area contributed by atoms with Gasteiger partial charge < -0.3 is 10.6 Å². The fourth-order valence-electron chi connectivity index (χ4n) is 3.83. The van der Waals surface area contributed by atoms with E-state index in [9.17, 15) is 4.79 Å². The summed E-state index contributed by atoms with van der Waals surface area (Å²) in [4.78, 5) is 19.4. The van der Waals surface area contributed by atoms with Gasteiger partial charge in [0.25, 0.3) is 0 Å². The van der Waals surface area contributed by atoms with Crippen molar-refractivity contribution in [2.24, 2.45) is 11.1 Å². The molecule has 1 unspecified atom stereocenters. The molecule has 3 rings (SSSR count). The van der Waals surface area contributed by atoms with Gasteiger partial charge in [-0.05, 0) is 17.4 Å². The molecule has 154 valence electrons. The van der Waals surface area contributed by atoms with Crippen molar-refractivity contribution >= 4 is 30.7 Å². The van der Waals surface area contributed by atoms with Crippen molar-refractivity contribution in [3.05, 3.63) is 35.9 Å². The summed E-state index contributed by atoms with van der Waals surface area (Å²) < 4.78 is 0. The molecule has 0 saturated carbocycles. The van der Waals surface area contributed by atoms with E-state index >= 15 is 0 Å². The van der Waals surface area contributed by atoms with Crippen LogP contribution in [0.2, 0.25) is 0 Å². The van der Waals surface area contributed by atoms with Gasteiger partial charge in [-0.2, -0.15) is 0 Å². The van der Waals surface area contributed by atoms with E-state index in [-0.39, 0.29) is 42.2 Å². The number of rotatable bonds is 4. The van der Waals surface area contributed by atoms with Gasteiger partial charge in [0.15, 0.2) is 0 Å². The molecule has 0 radical (unpaired) electrons. The van der Waals surface area contributed by atoms with Crippen molar-refractivity contribution in [2.45, 2.75) is 32.9 Å². The molecule has 0 bridgehead atoms. The van der Waals surface area contributed by atoms with Crippen LogP contribution < -0.4 is 5.73 Å². The van der Waals surface area contributed by atoms with Crippen molar-refractivity contribution in [3.63, 3.8) is 0 Å². The van der Waals surface area contributed by atoms with E-state index in [1.54, 1.807) is 0 Å². The third-order valence-corrected chi connectivity index (χ3v) is 5.74. The van der Waals surface area contributed by atoms with Crippen LogP contribution in [0.4, 0.5) is 0 Å². The standard InChI is InChI=1S/C20H32N4O.2ClH/c1-20(2)16-24(9-8-18(20)21)19(25)15-23-12-10-22(11-13-23)14-17-6-4-3-5-7-17;;/h3-7,18H,8-16,21H2,1-2H3;2*1H. The van der Waals surface area contributed by atoms with E-state index in [1.807, 2.05) is 4.90 Å². The molecule has 2 saturated heterocycles. The Kier molecular flexibility index (Phi) is 9.52. The van der Waals surface area contributed by atoms with Crippen molar-refractivity contribution in [1.29, 1.82) is 0 Å². The zero-order valence-electron chi connectivity index (χ0n) is 16.5. The number of hydrogen-bond donors (Lipinski definition) is 1. The van der Waals surface area contributed by atoms with E-state index in [1.165, 1.54) is 5.56 Å². The summed E-state index contributed by atoms with van der Waals surface area (Å²) in [5, 5.41) is 0. The first-order chi connectivity index (χ1) is 11.9. The number of halogens is 2. The van der Waals surface area contributed by atoms with Crippen LogP contribution in [0, 0.1) is 5.41 Å². The molecule has 2 N–H and O–H groups in total. The number of hydrogen-bond acceptors (Lipinski definition) is 4. The monoisotopic (exact) mass is 416 g/mol. The molecule has 0 aromatic heterocycles. The fourth-order valence-corrected chi connectivity index (χ4v) is 3.83. The van der Waals surface area contributed by atoms with Crippen molar-refractivity contribution in [3.8, 4) is 0 Å². The molecule has 7 heteroatoms. The van der Waals surface area contributed by atoms with E-state index in [2.05, 4.69) is 54.0 Å². The highest BCUT2D eigenvalue weighted by atomic mass is 35.5. The molecule has 2 heterocycles. The van der Waals surface area contributed by atoms with Crippen molar-refractivity contribution in [2.75, 3.05) is 45.8 Å². The molecule has 2 aliphatic heterocycles. The number of piperidine rings is 1. The largest absolute Gasteiger partial charge is 0.341 e. The fraction of sp³-hybridized carbons (Fsp3) is 0.650. The Morgan fingerprint density at radius 2 is 1.63 bits per heavy atom. The SMILES string of the molecule is CC1(C)CN(C(=O)CN2CCN(Cc3ccccc3)CC2)CCC1N.Cl.Cl. The normalized spacial score (nSPS) is 23.2. The number of carbonyl (C=O) groups is 1. The highest BCUT2D eigenvalue weighted by Crippen LogP contribution is 2.27. The second-order valence-electron chi connectivity index (χ2n) is 8.24. The van der Waals surface area contributed by atoms with Crippen molar-refractivity contribution in [1.82, 2.24) is 14.7 Å². The van der Waals surface area contributed by atoms with Gasteiger partial charge >= 0.3 is 0 Å². The Morgan fingerprint density at radius 1 is 1.04 bits per heavy atom. The average molecular weight is 417 g/mol. The second-order valence-corrected chi connectivity index (χ2v) is 8.24. The summed E-state index contributed by atoms with van der Waals surface area (Å²) in [6.45, 7) is 11.4. The summed E-state index contributed by atoms with van der Waals surface area (Å²) in [6, 6.07) is 10.8. The maximum Gasteiger partial charge on any atom is 0.236 e. The molecular formula is C20H34Cl2N4O. The summed E-state index contributed by atoms with van der Waals surface area (Å²) in [5.74, 6) is 0.261. The maximum atomic E-state index is 12.7. The number of nitrogens with two attached hydrogens (primary N) is 1. The Hall–Kier alpha value is -0.850. The number of amides is 1. The lowest BCUT2D eigenvalue weighted by Gasteiger charge is -2.43. The molecule has 0 aliphatic carbocycles. The molecular weight excluding hydrogens is 383 g/mol. The molecule has 1 amide bonds. The summed E-state index contributed by atoms with van der Waals surface area (Å²) in [7, 11) is 0. The van der Waals surface area contributed by atoms with Crippen LogP contribution in [0.15, 0.2) is 30.3 Å². The van der Waals surface area contributed by atoms with Crippen LogP contribution in [0.3, 0.4) is 0 Å². The van der Waals surface area contributed by atoms with E-state index in [0.717, 1.165) is 52.2 Å². The number of nitrogens with zero attached hydrogens (tertiary/aromatic N) is 3. The first kappa shape index (κ1) is 24.2. The summed E-state index contributed by atoms with van der Waals surface area (Å²) in [5.41, 5.74) is 7.56. The quantitative estimate of drug-likeness (QED) is 0.817. The lowest BCUT2D eigenvalue weighted by molar-refractivity contribution is -0.136. The number of benzene rings is 1. The highest BCUT2D eigenvalue weighted by Gasteiger charge is 2.35. The Balaban J connectivity index is 0.00000182. The molecule has 2 aliphatic rings. The van der Waals surface area contributed by atoms with Crippen LogP contribution in [0.25, 0.3) is 0 Å². The smallest absolute Gasteiger partial charge is 0.236 e. The topological polar surface area (TPSA) is 52.8 Å². The number of piperazine rings is 1. The van der Waals surface area contributed by atoms with Crippen molar-refractivity contribution < 1.29 is 4.79 Å². The summed E-state index contributed by atoms with van der Waals surface area (Å²) in [6.07, 6.45) is 0.906. The molecule has 1 atom stereocenters. The lowest BCUT2D eigenvalue weighted by atomic mass is 9.79. The number of likely N-dealkylation sites (tertiary alicyclic amines) is 1. The Labute approximate surface area is 176 Å². The Morgan fingerprint density at radius 3 is 2.22 bits per heavy atom. The van der Waals surface area contributed by atoms with Crippen LogP contribution in [-0.2, 0) is 11.3 Å². The first-order valence-corrected chi connectivity index (χ1v) is 9.46. The molecule has 2 fully saturated rings.